The molecule has 146 valence electrons. The van der Waals surface area contributed by atoms with Crippen molar-refractivity contribution < 1.29 is 9.59 Å². The summed E-state index contributed by atoms with van der Waals surface area (Å²) in [7, 11) is 1.85. The van der Waals surface area contributed by atoms with Crippen molar-refractivity contribution in [3.63, 3.8) is 0 Å². The van der Waals surface area contributed by atoms with Crippen LogP contribution < -0.4 is 5.32 Å². The molecule has 2 aromatic rings. The van der Waals surface area contributed by atoms with Gasteiger partial charge in [-0.15, -0.1) is 11.3 Å². The van der Waals surface area contributed by atoms with Gasteiger partial charge in [-0.05, 0) is 26.2 Å². The molecule has 8 heteroatoms. The Hall–Kier alpha value is -2.22. The lowest BCUT2D eigenvalue weighted by molar-refractivity contribution is -0.126. The van der Waals surface area contributed by atoms with Crippen LogP contribution in [0, 0.1) is 5.92 Å². The van der Waals surface area contributed by atoms with Crippen LogP contribution >= 0.6 is 11.3 Å². The number of carbonyl (C=O) groups is 2. The molecule has 27 heavy (non-hydrogen) atoms. The van der Waals surface area contributed by atoms with Crippen molar-refractivity contribution in [3.8, 4) is 10.6 Å². The average molecular weight is 390 g/mol. The van der Waals surface area contributed by atoms with E-state index in [1.165, 1.54) is 11.3 Å². The molecular formula is C19H27N5O2S. The Kier molecular flexibility index (Phi) is 6.26. The molecule has 0 spiro atoms. The molecule has 1 fully saturated rings. The van der Waals surface area contributed by atoms with Crippen LogP contribution in [0.3, 0.4) is 0 Å². The van der Waals surface area contributed by atoms with E-state index in [4.69, 9.17) is 0 Å². The van der Waals surface area contributed by atoms with Gasteiger partial charge in [-0.3, -0.25) is 14.3 Å². The highest BCUT2D eigenvalue weighted by Gasteiger charge is 2.33. The van der Waals surface area contributed by atoms with Gasteiger partial charge in [-0.2, -0.15) is 5.10 Å². The number of unbranched alkanes of at least 4 members (excludes halogenated alkanes) is 1. The van der Waals surface area contributed by atoms with Crippen LogP contribution in [0.15, 0.2) is 17.8 Å². The van der Waals surface area contributed by atoms with Crippen molar-refractivity contribution in [3.05, 3.63) is 23.5 Å². The minimum absolute atomic E-state index is 0.0578. The van der Waals surface area contributed by atoms with Gasteiger partial charge in [-0.1, -0.05) is 13.3 Å². The van der Waals surface area contributed by atoms with Gasteiger partial charge in [0.25, 0.3) is 5.91 Å². The number of aryl methyl sites for hydroxylation is 1. The molecule has 0 bridgehead atoms. The first kappa shape index (κ1) is 19.5. The van der Waals surface area contributed by atoms with E-state index in [1.54, 1.807) is 21.2 Å². The van der Waals surface area contributed by atoms with E-state index in [1.807, 2.05) is 20.2 Å². The van der Waals surface area contributed by atoms with Crippen molar-refractivity contribution >= 4 is 23.2 Å². The standard InChI is InChI=1S/C19H27N5O2S/c1-4-5-8-20-17(25)14-7-6-13(2)24(11-14)19(26)16-12-27-18(22-16)15-9-21-23(3)10-15/h9-10,12-14H,4-8,11H2,1-3H3,(H,20,25). The molecule has 0 saturated carbocycles. The Morgan fingerprint density at radius 1 is 1.37 bits per heavy atom. The number of piperidine rings is 1. The summed E-state index contributed by atoms with van der Waals surface area (Å²) in [5.41, 5.74) is 1.35. The first-order chi connectivity index (χ1) is 13.0. The third-order valence-corrected chi connectivity index (χ3v) is 5.91. The number of carbonyl (C=O) groups excluding carboxylic acids is 2. The van der Waals surface area contributed by atoms with Crippen LogP contribution in [0.5, 0.6) is 0 Å². The zero-order valence-electron chi connectivity index (χ0n) is 16.1. The molecule has 0 radical (unpaired) electrons. The maximum absolute atomic E-state index is 13.0. The number of likely N-dealkylation sites (tertiary alicyclic amines) is 1. The molecule has 7 nitrogen and oxygen atoms in total. The van der Waals surface area contributed by atoms with Gasteiger partial charge >= 0.3 is 0 Å². The first-order valence-corrected chi connectivity index (χ1v) is 10.4. The first-order valence-electron chi connectivity index (χ1n) is 9.52. The number of hydrogen-bond acceptors (Lipinski definition) is 5. The van der Waals surface area contributed by atoms with Crippen molar-refractivity contribution in [1.29, 1.82) is 0 Å². The van der Waals surface area contributed by atoms with Gasteiger partial charge in [0.2, 0.25) is 5.91 Å². The second kappa shape index (κ2) is 8.65. The Labute approximate surface area is 163 Å². The van der Waals surface area contributed by atoms with E-state index >= 15 is 0 Å². The number of amides is 2. The fourth-order valence-corrected chi connectivity index (χ4v) is 4.09. The predicted octanol–water partition coefficient (Wildman–Crippen LogP) is 2.70. The van der Waals surface area contributed by atoms with E-state index in [2.05, 4.69) is 22.3 Å². The van der Waals surface area contributed by atoms with E-state index in [0.717, 1.165) is 36.3 Å². The van der Waals surface area contributed by atoms with Crippen molar-refractivity contribution in [1.82, 2.24) is 25.0 Å². The Balaban J connectivity index is 1.67. The highest BCUT2D eigenvalue weighted by atomic mass is 32.1. The second-order valence-electron chi connectivity index (χ2n) is 7.17. The van der Waals surface area contributed by atoms with Crippen LogP contribution in [0.4, 0.5) is 0 Å². The van der Waals surface area contributed by atoms with Crippen LogP contribution in [-0.4, -0.2) is 50.6 Å². The summed E-state index contributed by atoms with van der Waals surface area (Å²) < 4.78 is 1.71. The number of thiazole rings is 1. The van der Waals surface area contributed by atoms with Gasteiger partial charge in [-0.25, -0.2) is 4.98 Å². The summed E-state index contributed by atoms with van der Waals surface area (Å²) >= 11 is 1.44. The lowest BCUT2D eigenvalue weighted by Gasteiger charge is -2.37. The lowest BCUT2D eigenvalue weighted by atomic mass is 9.92. The third-order valence-electron chi connectivity index (χ3n) is 5.02. The molecule has 0 aromatic carbocycles. The molecule has 2 amide bonds. The Morgan fingerprint density at radius 3 is 2.89 bits per heavy atom. The highest BCUT2D eigenvalue weighted by molar-refractivity contribution is 7.13. The fourth-order valence-electron chi connectivity index (χ4n) is 3.32. The molecular weight excluding hydrogens is 362 g/mol. The van der Waals surface area contributed by atoms with Gasteiger partial charge < -0.3 is 10.2 Å². The topological polar surface area (TPSA) is 80.1 Å². The maximum Gasteiger partial charge on any atom is 0.273 e. The van der Waals surface area contributed by atoms with Crippen LogP contribution in [0.25, 0.3) is 10.6 Å². The highest BCUT2D eigenvalue weighted by Crippen LogP contribution is 2.27. The minimum Gasteiger partial charge on any atom is -0.356 e. The lowest BCUT2D eigenvalue weighted by Crippen LogP contribution is -2.49. The number of hydrogen-bond donors (Lipinski definition) is 1. The molecule has 1 aliphatic rings. The molecule has 3 rings (SSSR count). The van der Waals surface area contributed by atoms with Crippen molar-refractivity contribution in [2.75, 3.05) is 13.1 Å². The number of rotatable bonds is 6. The zero-order chi connectivity index (χ0) is 19.4. The minimum atomic E-state index is -0.140. The van der Waals surface area contributed by atoms with E-state index < -0.39 is 0 Å². The van der Waals surface area contributed by atoms with Gasteiger partial charge in [0.15, 0.2) is 0 Å². The third kappa shape index (κ3) is 4.55. The molecule has 0 aliphatic carbocycles. The fraction of sp³-hybridized carbons (Fsp3) is 0.579. The number of nitrogens with zero attached hydrogens (tertiary/aromatic N) is 4. The van der Waals surface area contributed by atoms with Gasteiger partial charge in [0, 0.05) is 43.3 Å². The second-order valence-corrected chi connectivity index (χ2v) is 8.02. The van der Waals surface area contributed by atoms with E-state index in [9.17, 15) is 9.59 Å². The molecule has 1 aliphatic heterocycles. The van der Waals surface area contributed by atoms with E-state index in [0.29, 0.717) is 18.8 Å². The number of aromatic nitrogens is 3. The number of nitrogens with one attached hydrogen (secondary N) is 1. The molecule has 2 atom stereocenters. The zero-order valence-corrected chi connectivity index (χ0v) is 17.0. The quantitative estimate of drug-likeness (QED) is 0.771. The summed E-state index contributed by atoms with van der Waals surface area (Å²) in [4.78, 5) is 31.7. The smallest absolute Gasteiger partial charge is 0.273 e. The molecule has 3 heterocycles. The van der Waals surface area contributed by atoms with Gasteiger partial charge in [0.05, 0.1) is 12.1 Å². The monoisotopic (exact) mass is 389 g/mol. The maximum atomic E-state index is 13.0. The summed E-state index contributed by atoms with van der Waals surface area (Å²) in [6.07, 6.45) is 7.31. The summed E-state index contributed by atoms with van der Waals surface area (Å²) in [5, 5.41) is 9.72. The van der Waals surface area contributed by atoms with Crippen molar-refractivity contribution in [2.45, 2.75) is 45.6 Å². The summed E-state index contributed by atoms with van der Waals surface area (Å²) in [6, 6.07) is 0.112. The molecule has 1 saturated heterocycles. The Bertz CT molecular complexity index is 800. The average Bonchev–Trinajstić information content (AvgIpc) is 3.30. The summed E-state index contributed by atoms with van der Waals surface area (Å²) in [6.45, 7) is 5.30. The van der Waals surface area contributed by atoms with Crippen molar-refractivity contribution in [2.24, 2.45) is 13.0 Å². The largest absolute Gasteiger partial charge is 0.356 e. The SMILES string of the molecule is CCCCNC(=O)C1CCC(C)N(C(=O)c2csc(-c3cnn(C)c3)n2)C1. The normalized spacial score (nSPS) is 19.9. The molecule has 2 unspecified atom stereocenters. The Morgan fingerprint density at radius 2 is 2.19 bits per heavy atom. The molecule has 2 aromatic heterocycles. The van der Waals surface area contributed by atoms with Crippen LogP contribution in [-0.2, 0) is 11.8 Å². The van der Waals surface area contributed by atoms with Crippen LogP contribution in [0.1, 0.15) is 50.0 Å². The predicted molar refractivity (Wildman–Crippen MR) is 105 cm³/mol. The van der Waals surface area contributed by atoms with Crippen LogP contribution in [0.2, 0.25) is 0 Å². The summed E-state index contributed by atoms with van der Waals surface area (Å²) in [5.74, 6) is -0.180. The molecule has 1 N–H and O–H groups in total. The van der Waals surface area contributed by atoms with E-state index in [-0.39, 0.29) is 23.8 Å². The van der Waals surface area contributed by atoms with Gasteiger partial charge in [0.1, 0.15) is 10.7 Å².